The van der Waals surface area contributed by atoms with Crippen molar-refractivity contribution in [2.45, 2.75) is 27.9 Å². The molecule has 2 aromatic carbocycles. The average molecular weight is 376 g/mol. The van der Waals surface area contributed by atoms with Gasteiger partial charge in [-0.3, -0.25) is 4.79 Å². The van der Waals surface area contributed by atoms with Crippen LogP contribution in [-0.2, 0) is 14.6 Å². The Morgan fingerprint density at radius 2 is 1.68 bits per heavy atom. The molecule has 1 aliphatic rings. The molecule has 1 atom stereocenters. The lowest BCUT2D eigenvalue weighted by Gasteiger charge is -2.16. The summed E-state index contributed by atoms with van der Waals surface area (Å²) in [4.78, 5) is 15.5. The predicted molar refractivity (Wildman–Crippen MR) is 100 cm³/mol. The van der Waals surface area contributed by atoms with E-state index < -0.39 is 15.1 Å². The highest BCUT2D eigenvalue weighted by Crippen LogP contribution is 2.25. The van der Waals surface area contributed by atoms with Gasteiger partial charge in [-0.2, -0.15) is 0 Å². The minimum absolute atomic E-state index is 0.0363. The Hall–Kier alpha value is -1.79. The van der Waals surface area contributed by atoms with E-state index in [-0.39, 0.29) is 5.91 Å². The predicted octanol–water partition coefficient (Wildman–Crippen LogP) is 3.24. The Labute approximate surface area is 153 Å². The molecule has 1 aliphatic heterocycles. The molecule has 1 amide bonds. The molecule has 1 unspecified atom stereocenters. The van der Waals surface area contributed by atoms with Crippen LogP contribution >= 0.6 is 11.8 Å². The van der Waals surface area contributed by atoms with Gasteiger partial charge in [-0.25, -0.2) is 8.42 Å². The van der Waals surface area contributed by atoms with Crippen molar-refractivity contribution in [3.63, 3.8) is 0 Å². The summed E-state index contributed by atoms with van der Waals surface area (Å²) < 4.78 is 25.3. The molecule has 4 nitrogen and oxygen atoms in total. The van der Waals surface area contributed by atoms with Gasteiger partial charge >= 0.3 is 0 Å². The summed E-state index contributed by atoms with van der Waals surface area (Å²) in [7, 11) is -3.37. The minimum Gasteiger partial charge on any atom is -0.341 e. The number of benzene rings is 2. The zero-order valence-corrected chi connectivity index (χ0v) is 15.5. The number of thioether (sulfide) groups is 1. The summed E-state index contributed by atoms with van der Waals surface area (Å²) >= 11 is 1.65. The van der Waals surface area contributed by atoms with Gasteiger partial charge in [0.2, 0.25) is 5.91 Å². The lowest BCUT2D eigenvalue weighted by atomic mass is 10.4. The van der Waals surface area contributed by atoms with Gasteiger partial charge in [-0.15, -0.1) is 11.8 Å². The quantitative estimate of drug-likeness (QED) is 0.728. The van der Waals surface area contributed by atoms with Gasteiger partial charge in [0.1, 0.15) is 0 Å². The molecule has 6 heteroatoms. The van der Waals surface area contributed by atoms with Crippen molar-refractivity contribution >= 4 is 27.5 Å². The van der Waals surface area contributed by atoms with Gasteiger partial charge in [-0.05, 0) is 30.7 Å². The molecule has 0 aliphatic carbocycles. The van der Waals surface area contributed by atoms with E-state index in [0.717, 1.165) is 4.90 Å². The number of rotatable bonds is 6. The zero-order valence-electron chi connectivity index (χ0n) is 13.9. The number of hydrogen-bond acceptors (Lipinski definition) is 4. The molecule has 1 heterocycles. The molecule has 132 valence electrons. The first kappa shape index (κ1) is 18.0. The first-order valence-electron chi connectivity index (χ1n) is 8.32. The minimum atomic E-state index is -3.37. The molecule has 0 bridgehead atoms. The first-order valence-corrected chi connectivity index (χ1v) is 10.8. The van der Waals surface area contributed by atoms with E-state index in [1.54, 1.807) is 47.0 Å². The molecular formula is C19H21NO3S2. The normalized spacial score (nSPS) is 17.6. The topological polar surface area (TPSA) is 54.5 Å². The smallest absolute Gasteiger partial charge is 0.223 e. The lowest BCUT2D eigenvalue weighted by molar-refractivity contribution is -0.129. The maximum absolute atomic E-state index is 12.7. The highest BCUT2D eigenvalue weighted by Gasteiger charge is 2.35. The summed E-state index contributed by atoms with van der Waals surface area (Å²) in [6.45, 7) is 0.817. The molecule has 1 saturated heterocycles. The Morgan fingerprint density at radius 3 is 2.36 bits per heavy atom. The third-order valence-electron chi connectivity index (χ3n) is 4.34. The van der Waals surface area contributed by atoms with Crippen LogP contribution in [0.25, 0.3) is 0 Å². The zero-order chi connectivity index (χ0) is 17.7. The van der Waals surface area contributed by atoms with Gasteiger partial charge in [0.15, 0.2) is 9.84 Å². The second kappa shape index (κ2) is 8.06. The largest absolute Gasteiger partial charge is 0.341 e. The van der Waals surface area contributed by atoms with Crippen molar-refractivity contribution in [1.82, 2.24) is 4.90 Å². The second-order valence-corrected chi connectivity index (χ2v) is 9.42. The number of nitrogens with zero attached hydrogens (tertiary/aromatic N) is 1. The van der Waals surface area contributed by atoms with Gasteiger partial charge in [-0.1, -0.05) is 36.4 Å². The summed E-state index contributed by atoms with van der Waals surface area (Å²) in [5.41, 5.74) is 0. The molecule has 0 N–H and O–H groups in total. The second-order valence-electron chi connectivity index (χ2n) is 6.02. The van der Waals surface area contributed by atoms with Crippen molar-refractivity contribution in [1.29, 1.82) is 0 Å². The van der Waals surface area contributed by atoms with Gasteiger partial charge < -0.3 is 4.90 Å². The monoisotopic (exact) mass is 375 g/mol. The van der Waals surface area contributed by atoms with Crippen molar-refractivity contribution < 1.29 is 13.2 Å². The van der Waals surface area contributed by atoms with Gasteiger partial charge in [0.05, 0.1) is 10.1 Å². The van der Waals surface area contributed by atoms with Crippen molar-refractivity contribution in [2.24, 2.45) is 0 Å². The van der Waals surface area contributed by atoms with E-state index in [0.29, 0.717) is 36.6 Å². The molecule has 0 radical (unpaired) electrons. The fraction of sp³-hybridized carbons (Fsp3) is 0.316. The van der Waals surface area contributed by atoms with E-state index >= 15 is 0 Å². The Kier molecular flexibility index (Phi) is 5.81. The van der Waals surface area contributed by atoms with E-state index in [2.05, 4.69) is 0 Å². The van der Waals surface area contributed by atoms with E-state index in [9.17, 15) is 13.2 Å². The summed E-state index contributed by atoms with van der Waals surface area (Å²) in [5.74, 6) is 0.740. The third-order valence-corrected chi connectivity index (χ3v) is 7.54. The van der Waals surface area contributed by atoms with Crippen LogP contribution in [-0.4, -0.2) is 43.3 Å². The fourth-order valence-corrected chi connectivity index (χ4v) is 5.52. The summed E-state index contributed by atoms with van der Waals surface area (Å²) in [6, 6.07) is 18.5. The van der Waals surface area contributed by atoms with Crippen LogP contribution < -0.4 is 0 Å². The van der Waals surface area contributed by atoms with Gasteiger partial charge in [0, 0.05) is 30.2 Å². The molecule has 3 rings (SSSR count). The van der Waals surface area contributed by atoms with E-state index in [1.165, 1.54) is 0 Å². The molecule has 0 aromatic heterocycles. The molecule has 25 heavy (non-hydrogen) atoms. The maximum Gasteiger partial charge on any atom is 0.223 e. The Bertz CT molecular complexity index is 807. The van der Waals surface area contributed by atoms with Crippen LogP contribution in [0.1, 0.15) is 12.8 Å². The number of likely N-dealkylation sites (tertiary alicyclic amines) is 1. The highest BCUT2D eigenvalue weighted by molar-refractivity contribution is 7.99. The van der Waals surface area contributed by atoms with Crippen molar-refractivity contribution in [3.05, 3.63) is 60.7 Å². The number of carbonyl (C=O) groups excluding carboxylic acids is 1. The summed E-state index contributed by atoms with van der Waals surface area (Å²) in [5, 5.41) is -0.499. The molecule has 1 fully saturated rings. The van der Waals surface area contributed by atoms with Crippen LogP contribution in [0.2, 0.25) is 0 Å². The van der Waals surface area contributed by atoms with Crippen LogP contribution in [0.5, 0.6) is 0 Å². The van der Waals surface area contributed by atoms with Crippen LogP contribution in [0, 0.1) is 0 Å². The maximum atomic E-state index is 12.7. The van der Waals surface area contributed by atoms with E-state index in [4.69, 9.17) is 0 Å². The Balaban J connectivity index is 1.53. The third kappa shape index (κ3) is 4.44. The first-order chi connectivity index (χ1) is 12.1. The highest BCUT2D eigenvalue weighted by atomic mass is 32.2. The van der Waals surface area contributed by atoms with Crippen molar-refractivity contribution in [3.8, 4) is 0 Å². The molecule has 0 saturated carbocycles. The number of amides is 1. The fourth-order valence-electron chi connectivity index (χ4n) is 2.94. The number of sulfone groups is 1. The number of hydrogen-bond donors (Lipinski definition) is 0. The summed E-state index contributed by atoms with van der Waals surface area (Å²) in [6.07, 6.45) is 0.937. The SMILES string of the molecule is O=C(CCSc1ccccc1)N1CCC(S(=O)(=O)c2ccccc2)C1. The Morgan fingerprint density at radius 1 is 1.04 bits per heavy atom. The number of carbonyl (C=O) groups is 1. The van der Waals surface area contributed by atoms with Crippen molar-refractivity contribution in [2.75, 3.05) is 18.8 Å². The molecular weight excluding hydrogens is 354 g/mol. The molecule has 0 spiro atoms. The van der Waals surface area contributed by atoms with Gasteiger partial charge in [0.25, 0.3) is 0 Å². The van der Waals surface area contributed by atoms with Crippen LogP contribution in [0.15, 0.2) is 70.5 Å². The van der Waals surface area contributed by atoms with Crippen LogP contribution in [0.3, 0.4) is 0 Å². The van der Waals surface area contributed by atoms with Crippen LogP contribution in [0.4, 0.5) is 0 Å². The van der Waals surface area contributed by atoms with E-state index in [1.807, 2.05) is 30.3 Å². The molecule has 2 aromatic rings. The standard InChI is InChI=1S/C19H21NO3S2/c21-19(12-14-24-16-7-3-1-4-8-16)20-13-11-18(15-20)25(22,23)17-9-5-2-6-10-17/h1-10,18H,11-15H2. The lowest BCUT2D eigenvalue weighted by Crippen LogP contribution is -2.32. The average Bonchev–Trinajstić information content (AvgIpc) is 3.14.